The fraction of sp³-hybridized carbons (Fsp3) is 0.385. The van der Waals surface area contributed by atoms with Crippen molar-refractivity contribution in [1.29, 1.82) is 0 Å². The van der Waals surface area contributed by atoms with Gasteiger partial charge in [-0.1, -0.05) is 19.6 Å². The van der Waals surface area contributed by atoms with Crippen LogP contribution in [0.15, 0.2) is 24.3 Å². The summed E-state index contributed by atoms with van der Waals surface area (Å²) in [6, 6.07) is 6.67. The Labute approximate surface area is 108 Å². The summed E-state index contributed by atoms with van der Waals surface area (Å²) in [5.41, 5.74) is 0.546. The highest BCUT2D eigenvalue weighted by molar-refractivity contribution is 6.76. The third-order valence-corrected chi connectivity index (χ3v) is 4.16. The Balaban J connectivity index is 2.54. The van der Waals surface area contributed by atoms with Gasteiger partial charge in [-0.3, -0.25) is 0 Å². The van der Waals surface area contributed by atoms with Gasteiger partial charge in [0.25, 0.3) is 0 Å². The van der Waals surface area contributed by atoms with E-state index in [4.69, 9.17) is 9.84 Å². The SMILES string of the molecule is C[Si](C)(C)CCOC(=O)c1ccc(C(=O)O)cc1. The topological polar surface area (TPSA) is 63.6 Å². The molecule has 0 aromatic heterocycles. The monoisotopic (exact) mass is 266 g/mol. The predicted molar refractivity (Wildman–Crippen MR) is 71.8 cm³/mol. The molecule has 0 atom stereocenters. The van der Waals surface area contributed by atoms with Gasteiger partial charge in [-0.15, -0.1) is 0 Å². The number of carbonyl (C=O) groups is 2. The van der Waals surface area contributed by atoms with E-state index in [1.165, 1.54) is 24.3 Å². The van der Waals surface area contributed by atoms with Gasteiger partial charge in [0.2, 0.25) is 0 Å². The average Bonchev–Trinajstić information content (AvgIpc) is 2.27. The number of esters is 1. The van der Waals surface area contributed by atoms with E-state index in [1.807, 2.05) is 0 Å². The predicted octanol–water partition coefficient (Wildman–Crippen LogP) is 2.88. The number of ether oxygens (including phenoxy) is 1. The summed E-state index contributed by atoms with van der Waals surface area (Å²) in [6.07, 6.45) is 0. The lowest BCUT2D eigenvalue weighted by atomic mass is 10.1. The number of carboxylic acids is 1. The molecule has 0 bridgehead atoms. The normalized spacial score (nSPS) is 11.1. The molecule has 0 aliphatic carbocycles. The summed E-state index contributed by atoms with van der Waals surface area (Å²) < 4.78 is 5.15. The molecule has 0 saturated carbocycles. The second-order valence-electron chi connectivity index (χ2n) is 5.33. The fourth-order valence-corrected chi connectivity index (χ4v) is 2.00. The van der Waals surface area contributed by atoms with Gasteiger partial charge in [-0.05, 0) is 30.3 Å². The van der Waals surface area contributed by atoms with Crippen molar-refractivity contribution >= 4 is 20.0 Å². The fourth-order valence-electron chi connectivity index (χ4n) is 1.28. The van der Waals surface area contributed by atoms with Gasteiger partial charge in [-0.25, -0.2) is 9.59 Å². The van der Waals surface area contributed by atoms with Crippen molar-refractivity contribution in [2.24, 2.45) is 0 Å². The molecule has 0 heterocycles. The van der Waals surface area contributed by atoms with E-state index in [1.54, 1.807) is 0 Å². The molecule has 1 aromatic rings. The van der Waals surface area contributed by atoms with Crippen LogP contribution in [0.25, 0.3) is 0 Å². The van der Waals surface area contributed by atoms with Crippen molar-refractivity contribution in [3.63, 3.8) is 0 Å². The van der Waals surface area contributed by atoms with Crippen molar-refractivity contribution in [1.82, 2.24) is 0 Å². The van der Waals surface area contributed by atoms with E-state index >= 15 is 0 Å². The van der Waals surface area contributed by atoms with Crippen LogP contribution in [0, 0.1) is 0 Å². The van der Waals surface area contributed by atoms with Crippen LogP contribution >= 0.6 is 0 Å². The molecule has 0 unspecified atom stereocenters. The Morgan fingerprint density at radius 1 is 1.11 bits per heavy atom. The number of carbonyl (C=O) groups excluding carboxylic acids is 1. The van der Waals surface area contributed by atoms with Gasteiger partial charge in [0.1, 0.15) is 0 Å². The number of hydrogen-bond donors (Lipinski definition) is 1. The van der Waals surface area contributed by atoms with Gasteiger partial charge < -0.3 is 9.84 Å². The first-order chi connectivity index (χ1) is 8.29. The van der Waals surface area contributed by atoms with Crippen LogP contribution in [0.5, 0.6) is 0 Å². The lowest BCUT2D eigenvalue weighted by Crippen LogP contribution is -2.22. The first-order valence-corrected chi connectivity index (χ1v) is 9.51. The van der Waals surface area contributed by atoms with Crippen LogP contribution in [0.3, 0.4) is 0 Å². The Bertz CT molecular complexity index is 431. The van der Waals surface area contributed by atoms with E-state index in [2.05, 4.69) is 19.6 Å². The molecule has 1 N–H and O–H groups in total. The van der Waals surface area contributed by atoms with Crippen molar-refractivity contribution in [2.75, 3.05) is 6.61 Å². The van der Waals surface area contributed by atoms with Gasteiger partial charge in [0, 0.05) is 8.07 Å². The van der Waals surface area contributed by atoms with E-state index in [0.29, 0.717) is 12.2 Å². The maximum absolute atomic E-state index is 11.7. The van der Waals surface area contributed by atoms with Crippen LogP contribution in [0.1, 0.15) is 20.7 Å². The summed E-state index contributed by atoms with van der Waals surface area (Å²) in [6.45, 7) is 7.06. The molecular weight excluding hydrogens is 248 g/mol. The lowest BCUT2D eigenvalue weighted by Gasteiger charge is -2.15. The zero-order valence-electron chi connectivity index (χ0n) is 10.9. The zero-order valence-corrected chi connectivity index (χ0v) is 11.9. The van der Waals surface area contributed by atoms with E-state index in [0.717, 1.165) is 6.04 Å². The van der Waals surface area contributed by atoms with Crippen molar-refractivity contribution in [3.8, 4) is 0 Å². The van der Waals surface area contributed by atoms with E-state index in [9.17, 15) is 9.59 Å². The molecule has 0 fully saturated rings. The van der Waals surface area contributed by atoms with Crippen LogP contribution in [0.2, 0.25) is 25.7 Å². The Morgan fingerprint density at radius 2 is 1.61 bits per heavy atom. The van der Waals surface area contributed by atoms with Crippen LogP contribution < -0.4 is 0 Å². The smallest absolute Gasteiger partial charge is 0.338 e. The maximum atomic E-state index is 11.7. The Kier molecular flexibility index (Phi) is 4.67. The minimum absolute atomic E-state index is 0.161. The van der Waals surface area contributed by atoms with Gasteiger partial charge >= 0.3 is 11.9 Å². The summed E-state index contributed by atoms with van der Waals surface area (Å²) in [4.78, 5) is 22.3. The molecule has 1 aromatic carbocycles. The number of carboxylic acid groups (broad SMARTS) is 1. The number of rotatable bonds is 5. The standard InChI is InChI=1S/C13H18O4Si/c1-18(2,3)9-8-17-13(16)11-6-4-10(5-7-11)12(14)15/h4-7H,8-9H2,1-3H3,(H,14,15). The maximum Gasteiger partial charge on any atom is 0.338 e. The van der Waals surface area contributed by atoms with Crippen LogP contribution in [0.4, 0.5) is 0 Å². The molecule has 0 aliphatic heterocycles. The summed E-state index contributed by atoms with van der Waals surface area (Å²) >= 11 is 0. The Morgan fingerprint density at radius 3 is 2.06 bits per heavy atom. The van der Waals surface area contributed by atoms with E-state index in [-0.39, 0.29) is 5.56 Å². The molecule has 98 valence electrons. The highest BCUT2D eigenvalue weighted by atomic mass is 28.3. The van der Waals surface area contributed by atoms with Crippen LogP contribution in [-0.2, 0) is 4.74 Å². The first-order valence-electron chi connectivity index (χ1n) is 5.80. The van der Waals surface area contributed by atoms with E-state index < -0.39 is 20.0 Å². The highest BCUT2D eigenvalue weighted by Gasteiger charge is 2.14. The van der Waals surface area contributed by atoms with Crippen molar-refractivity contribution < 1.29 is 19.4 Å². The molecule has 1 rings (SSSR count). The molecule has 0 aliphatic rings. The average molecular weight is 266 g/mol. The van der Waals surface area contributed by atoms with Crippen molar-refractivity contribution in [2.45, 2.75) is 25.7 Å². The summed E-state index contributed by atoms with van der Waals surface area (Å²) in [7, 11) is -1.20. The molecule has 5 heteroatoms. The number of hydrogen-bond acceptors (Lipinski definition) is 3. The third-order valence-electron chi connectivity index (χ3n) is 2.45. The largest absolute Gasteiger partial charge is 0.478 e. The molecule has 4 nitrogen and oxygen atoms in total. The minimum Gasteiger partial charge on any atom is -0.478 e. The number of benzene rings is 1. The van der Waals surface area contributed by atoms with Crippen molar-refractivity contribution in [3.05, 3.63) is 35.4 Å². The molecule has 0 radical (unpaired) electrons. The third kappa shape index (κ3) is 4.71. The molecule has 0 amide bonds. The quantitative estimate of drug-likeness (QED) is 0.657. The lowest BCUT2D eigenvalue weighted by molar-refractivity contribution is 0.0524. The molecular formula is C13H18O4Si. The molecule has 0 spiro atoms. The summed E-state index contributed by atoms with van der Waals surface area (Å²) in [5, 5.41) is 8.73. The van der Waals surface area contributed by atoms with Crippen LogP contribution in [-0.4, -0.2) is 31.7 Å². The zero-order chi connectivity index (χ0) is 13.8. The summed E-state index contributed by atoms with van der Waals surface area (Å²) in [5.74, 6) is -1.40. The minimum atomic E-state index is -1.20. The van der Waals surface area contributed by atoms with Gasteiger partial charge in [-0.2, -0.15) is 0 Å². The Hall–Kier alpha value is -1.62. The number of aromatic carboxylic acids is 1. The van der Waals surface area contributed by atoms with Gasteiger partial charge in [0.15, 0.2) is 0 Å². The highest BCUT2D eigenvalue weighted by Crippen LogP contribution is 2.10. The second-order valence-corrected chi connectivity index (χ2v) is 11.0. The first kappa shape index (κ1) is 14.4. The van der Waals surface area contributed by atoms with Gasteiger partial charge in [0.05, 0.1) is 17.7 Å². The molecule has 0 saturated heterocycles. The second kappa shape index (κ2) is 5.82. The molecule has 18 heavy (non-hydrogen) atoms.